The maximum atomic E-state index is 5.95. The maximum absolute atomic E-state index is 5.95. The van der Waals surface area contributed by atoms with Crippen molar-refractivity contribution in [3.05, 3.63) is 60.8 Å². The van der Waals surface area contributed by atoms with Crippen molar-refractivity contribution in [1.29, 1.82) is 0 Å². The van der Waals surface area contributed by atoms with Crippen LogP contribution in [0.25, 0.3) is 10.9 Å². The Kier molecular flexibility index (Phi) is 4.51. The largest absolute Gasteiger partial charge is 0.491 e. The second kappa shape index (κ2) is 6.91. The second-order valence-corrected chi connectivity index (χ2v) is 4.74. The van der Waals surface area contributed by atoms with Gasteiger partial charge in [0.1, 0.15) is 23.9 Å². The third-order valence-electron chi connectivity index (χ3n) is 3.21. The molecule has 0 aliphatic rings. The molecule has 3 aromatic rings. The highest BCUT2D eigenvalue weighted by atomic mass is 16.5. The Morgan fingerprint density at radius 1 is 0.864 bits per heavy atom. The molecule has 0 atom stereocenters. The van der Waals surface area contributed by atoms with Crippen molar-refractivity contribution in [2.45, 2.75) is 0 Å². The summed E-state index contributed by atoms with van der Waals surface area (Å²) in [5, 5.41) is 0.991. The van der Waals surface area contributed by atoms with Crippen molar-refractivity contribution in [2.75, 3.05) is 20.3 Å². The van der Waals surface area contributed by atoms with Crippen LogP contribution < -0.4 is 9.47 Å². The predicted molar refractivity (Wildman–Crippen MR) is 85.6 cm³/mol. The molecule has 22 heavy (non-hydrogen) atoms. The molecular formula is C18H17NO3. The normalized spacial score (nSPS) is 10.6. The molecule has 0 bridgehead atoms. The molecule has 1 aromatic heterocycles. The lowest BCUT2D eigenvalue weighted by molar-refractivity contribution is 0.146. The summed E-state index contributed by atoms with van der Waals surface area (Å²) in [5.74, 6) is 2.35. The first-order valence-electron chi connectivity index (χ1n) is 7.10. The zero-order chi connectivity index (χ0) is 15.2. The van der Waals surface area contributed by atoms with E-state index in [1.54, 1.807) is 13.3 Å². The summed E-state index contributed by atoms with van der Waals surface area (Å²) in [6.45, 7) is 1.10. The molecule has 4 nitrogen and oxygen atoms in total. The molecule has 112 valence electrons. The number of rotatable bonds is 6. The average molecular weight is 295 g/mol. The summed E-state index contributed by atoms with van der Waals surface area (Å²) in [5.41, 5.74) is 0.916. The summed E-state index contributed by atoms with van der Waals surface area (Å²) in [6, 6.07) is 17.3. The lowest BCUT2D eigenvalue weighted by Crippen LogP contribution is -2.03. The number of aromatic nitrogens is 1. The summed E-state index contributed by atoms with van der Waals surface area (Å²) in [7, 11) is 1.65. The van der Waals surface area contributed by atoms with Crippen LogP contribution in [0.15, 0.2) is 60.8 Å². The summed E-state index contributed by atoms with van der Waals surface area (Å²) in [6.07, 6.45) is 1.78. The third-order valence-corrected chi connectivity index (χ3v) is 3.21. The van der Waals surface area contributed by atoms with Gasteiger partial charge >= 0.3 is 0 Å². The topological polar surface area (TPSA) is 40.6 Å². The van der Waals surface area contributed by atoms with Gasteiger partial charge in [-0.15, -0.1) is 0 Å². The Morgan fingerprint density at radius 2 is 1.68 bits per heavy atom. The van der Waals surface area contributed by atoms with Crippen LogP contribution in [0.4, 0.5) is 0 Å². The van der Waals surface area contributed by atoms with Gasteiger partial charge in [0.05, 0.1) is 12.1 Å². The number of pyridine rings is 1. The quantitative estimate of drug-likeness (QED) is 0.643. The van der Waals surface area contributed by atoms with Crippen LogP contribution in [0.2, 0.25) is 0 Å². The summed E-state index contributed by atoms with van der Waals surface area (Å²) < 4.78 is 16.4. The monoisotopic (exact) mass is 295 g/mol. The van der Waals surface area contributed by atoms with Crippen molar-refractivity contribution in [1.82, 2.24) is 4.98 Å². The van der Waals surface area contributed by atoms with Crippen LogP contribution >= 0.6 is 0 Å². The van der Waals surface area contributed by atoms with E-state index in [0.717, 1.165) is 28.2 Å². The van der Waals surface area contributed by atoms with Gasteiger partial charge in [-0.2, -0.15) is 0 Å². The number of benzene rings is 2. The van der Waals surface area contributed by atoms with Crippen LogP contribution in [0, 0.1) is 0 Å². The van der Waals surface area contributed by atoms with Gasteiger partial charge in [0, 0.05) is 18.7 Å². The van der Waals surface area contributed by atoms with Gasteiger partial charge in [-0.25, -0.2) is 0 Å². The van der Waals surface area contributed by atoms with Crippen LogP contribution in [0.3, 0.4) is 0 Å². The fourth-order valence-corrected chi connectivity index (χ4v) is 2.14. The SMILES string of the molecule is COCCOc1ccc(Oc2cccc3ncccc23)cc1. The first-order valence-corrected chi connectivity index (χ1v) is 7.10. The van der Waals surface area contributed by atoms with Crippen molar-refractivity contribution >= 4 is 10.9 Å². The van der Waals surface area contributed by atoms with Gasteiger partial charge in [-0.05, 0) is 48.5 Å². The average Bonchev–Trinajstić information content (AvgIpc) is 2.57. The Morgan fingerprint density at radius 3 is 2.50 bits per heavy atom. The second-order valence-electron chi connectivity index (χ2n) is 4.74. The molecule has 0 spiro atoms. The zero-order valence-corrected chi connectivity index (χ0v) is 12.4. The van der Waals surface area contributed by atoms with Crippen molar-refractivity contribution in [3.63, 3.8) is 0 Å². The Balaban J connectivity index is 1.75. The molecular weight excluding hydrogens is 278 g/mol. The van der Waals surface area contributed by atoms with Crippen LogP contribution in [-0.2, 0) is 4.74 Å². The molecule has 0 unspecified atom stereocenters. The molecule has 0 aliphatic carbocycles. The fraction of sp³-hybridized carbons (Fsp3) is 0.167. The molecule has 0 saturated heterocycles. The Hall–Kier alpha value is -2.59. The number of nitrogens with zero attached hydrogens (tertiary/aromatic N) is 1. The van der Waals surface area contributed by atoms with E-state index in [9.17, 15) is 0 Å². The fourth-order valence-electron chi connectivity index (χ4n) is 2.14. The summed E-state index contributed by atoms with van der Waals surface area (Å²) in [4.78, 5) is 4.33. The highest BCUT2D eigenvalue weighted by Crippen LogP contribution is 2.29. The Labute approximate surface area is 129 Å². The van der Waals surface area contributed by atoms with E-state index in [-0.39, 0.29) is 0 Å². The third kappa shape index (κ3) is 3.35. The highest BCUT2D eigenvalue weighted by molar-refractivity contribution is 5.85. The molecule has 1 heterocycles. The molecule has 2 aromatic carbocycles. The Bertz CT molecular complexity index is 735. The van der Waals surface area contributed by atoms with Gasteiger partial charge in [0.25, 0.3) is 0 Å². The smallest absolute Gasteiger partial charge is 0.136 e. The first kappa shape index (κ1) is 14.4. The number of hydrogen-bond donors (Lipinski definition) is 0. The van der Waals surface area contributed by atoms with E-state index in [2.05, 4.69) is 4.98 Å². The number of methoxy groups -OCH3 is 1. The van der Waals surface area contributed by atoms with Gasteiger partial charge in [-0.1, -0.05) is 6.07 Å². The molecule has 0 saturated carbocycles. The minimum Gasteiger partial charge on any atom is -0.491 e. The van der Waals surface area contributed by atoms with Crippen LogP contribution in [-0.4, -0.2) is 25.3 Å². The lowest BCUT2D eigenvalue weighted by atomic mass is 10.2. The highest BCUT2D eigenvalue weighted by Gasteiger charge is 2.04. The first-order chi connectivity index (χ1) is 10.9. The summed E-state index contributed by atoms with van der Waals surface area (Å²) >= 11 is 0. The lowest BCUT2D eigenvalue weighted by Gasteiger charge is -2.10. The van der Waals surface area contributed by atoms with Crippen LogP contribution in [0.5, 0.6) is 17.2 Å². The van der Waals surface area contributed by atoms with Crippen LogP contribution in [0.1, 0.15) is 0 Å². The van der Waals surface area contributed by atoms with E-state index < -0.39 is 0 Å². The minimum absolute atomic E-state index is 0.533. The van der Waals surface area contributed by atoms with E-state index >= 15 is 0 Å². The van der Waals surface area contributed by atoms with E-state index in [1.807, 2.05) is 54.6 Å². The van der Waals surface area contributed by atoms with Crippen molar-refractivity contribution < 1.29 is 14.2 Å². The van der Waals surface area contributed by atoms with Gasteiger partial charge < -0.3 is 14.2 Å². The number of hydrogen-bond acceptors (Lipinski definition) is 4. The number of ether oxygens (including phenoxy) is 3. The van der Waals surface area contributed by atoms with E-state index in [4.69, 9.17) is 14.2 Å². The molecule has 3 rings (SSSR count). The number of fused-ring (bicyclic) bond motifs is 1. The molecule has 0 N–H and O–H groups in total. The van der Waals surface area contributed by atoms with Gasteiger partial charge in [-0.3, -0.25) is 4.98 Å². The van der Waals surface area contributed by atoms with E-state index in [0.29, 0.717) is 13.2 Å². The minimum atomic E-state index is 0.533. The zero-order valence-electron chi connectivity index (χ0n) is 12.4. The molecule has 0 aliphatic heterocycles. The predicted octanol–water partition coefficient (Wildman–Crippen LogP) is 4.05. The molecule has 0 radical (unpaired) electrons. The van der Waals surface area contributed by atoms with Crippen molar-refractivity contribution in [2.24, 2.45) is 0 Å². The van der Waals surface area contributed by atoms with E-state index in [1.165, 1.54) is 0 Å². The van der Waals surface area contributed by atoms with Crippen molar-refractivity contribution in [3.8, 4) is 17.2 Å². The standard InChI is InChI=1S/C18H17NO3/c1-20-12-13-21-14-7-9-15(10-8-14)22-18-6-2-5-17-16(18)4-3-11-19-17/h2-11H,12-13H2,1H3. The van der Waals surface area contributed by atoms with Gasteiger partial charge in [0.15, 0.2) is 0 Å². The molecule has 0 fully saturated rings. The van der Waals surface area contributed by atoms with Gasteiger partial charge in [0.2, 0.25) is 0 Å². The maximum Gasteiger partial charge on any atom is 0.136 e. The molecule has 4 heteroatoms. The molecule has 0 amide bonds.